The van der Waals surface area contributed by atoms with Gasteiger partial charge >= 0.3 is 0 Å². The Morgan fingerprint density at radius 1 is 1.38 bits per heavy atom. The number of fused-ring (bicyclic) bond motifs is 1. The Morgan fingerprint density at radius 3 is 2.85 bits per heavy atom. The van der Waals surface area contributed by atoms with Crippen molar-refractivity contribution in [2.45, 2.75) is 31.6 Å². The maximum absolute atomic E-state index is 5.44. The highest BCUT2D eigenvalue weighted by atomic mass is 32.2. The van der Waals surface area contributed by atoms with E-state index in [-0.39, 0.29) is 0 Å². The number of rotatable bonds is 0. The van der Waals surface area contributed by atoms with Crippen LogP contribution in [0, 0.1) is 0 Å². The second-order valence-electron chi connectivity index (χ2n) is 3.32. The summed E-state index contributed by atoms with van der Waals surface area (Å²) in [7, 11) is 2.24. The van der Waals surface area contributed by atoms with Gasteiger partial charge in [0.05, 0.1) is 6.61 Å². The van der Waals surface area contributed by atoms with Crippen molar-refractivity contribution in [1.82, 2.24) is 4.90 Å². The summed E-state index contributed by atoms with van der Waals surface area (Å²) < 4.78 is 5.44. The van der Waals surface area contributed by atoms with Crippen LogP contribution in [0.2, 0.25) is 0 Å². The summed E-state index contributed by atoms with van der Waals surface area (Å²) in [5.74, 6) is 1.28. The number of hydrogen-bond donors (Lipinski definition) is 0. The molecule has 0 N–H and O–H groups in total. The van der Waals surface area contributed by atoms with Crippen molar-refractivity contribution in [3.8, 4) is 0 Å². The zero-order valence-corrected chi connectivity index (χ0v) is 9.77. The van der Waals surface area contributed by atoms with Gasteiger partial charge in [0.15, 0.2) is 0 Å². The minimum absolute atomic E-state index is 0.752. The standard InChI is InChI=1S/C8H15NOS.C2H6/c1-9-3-5-11-8-6-10-4-2-7(8)9;1-2/h7-8H,2-6H2,1H3;1-2H3. The Bertz CT molecular complexity index is 141. The highest BCUT2D eigenvalue weighted by Gasteiger charge is 2.31. The summed E-state index contributed by atoms with van der Waals surface area (Å²) in [4.78, 5) is 2.49. The molecule has 2 aliphatic heterocycles. The van der Waals surface area contributed by atoms with Gasteiger partial charge in [0.2, 0.25) is 0 Å². The SMILES string of the molecule is CC.CN1CCSC2COCCC21. The van der Waals surface area contributed by atoms with Gasteiger partial charge in [0.1, 0.15) is 0 Å². The monoisotopic (exact) mass is 203 g/mol. The molecule has 0 aromatic rings. The first kappa shape index (κ1) is 11.3. The van der Waals surface area contributed by atoms with Crippen molar-refractivity contribution >= 4 is 11.8 Å². The van der Waals surface area contributed by atoms with Gasteiger partial charge in [-0.15, -0.1) is 0 Å². The van der Waals surface area contributed by atoms with Crippen molar-refractivity contribution in [2.24, 2.45) is 0 Å². The maximum atomic E-state index is 5.44. The van der Waals surface area contributed by atoms with E-state index < -0.39 is 0 Å². The Hall–Kier alpha value is 0.270. The number of thioether (sulfide) groups is 1. The number of nitrogens with zero attached hydrogens (tertiary/aromatic N) is 1. The van der Waals surface area contributed by atoms with Gasteiger partial charge in [-0.05, 0) is 13.5 Å². The van der Waals surface area contributed by atoms with Gasteiger partial charge in [0, 0.05) is 30.2 Å². The first-order valence-corrected chi connectivity index (χ1v) is 6.32. The molecule has 0 aromatic carbocycles. The lowest BCUT2D eigenvalue weighted by atomic mass is 10.1. The van der Waals surface area contributed by atoms with Crippen molar-refractivity contribution in [3.05, 3.63) is 0 Å². The third kappa shape index (κ3) is 2.86. The summed E-state index contributed by atoms with van der Waals surface area (Å²) >= 11 is 2.08. The van der Waals surface area contributed by atoms with E-state index in [1.807, 2.05) is 13.8 Å². The molecule has 0 saturated carbocycles. The van der Waals surface area contributed by atoms with E-state index in [4.69, 9.17) is 4.74 Å². The van der Waals surface area contributed by atoms with Crippen LogP contribution in [0.5, 0.6) is 0 Å². The average Bonchev–Trinajstić information content (AvgIpc) is 2.22. The van der Waals surface area contributed by atoms with Crippen LogP contribution in [-0.2, 0) is 4.74 Å². The minimum Gasteiger partial charge on any atom is -0.380 e. The summed E-state index contributed by atoms with van der Waals surface area (Å²) in [6, 6.07) is 0.794. The predicted molar refractivity (Wildman–Crippen MR) is 59.4 cm³/mol. The van der Waals surface area contributed by atoms with Crippen LogP contribution >= 0.6 is 11.8 Å². The summed E-state index contributed by atoms with van der Waals surface area (Å²) in [6.07, 6.45) is 1.23. The zero-order chi connectivity index (χ0) is 9.68. The van der Waals surface area contributed by atoms with E-state index in [0.717, 1.165) is 24.5 Å². The highest BCUT2D eigenvalue weighted by Crippen LogP contribution is 2.28. The molecule has 2 atom stereocenters. The van der Waals surface area contributed by atoms with Crippen molar-refractivity contribution < 1.29 is 4.74 Å². The first-order valence-electron chi connectivity index (χ1n) is 5.27. The fourth-order valence-corrected chi connectivity index (χ4v) is 3.33. The normalized spacial score (nSPS) is 34.4. The molecule has 2 rings (SSSR count). The lowest BCUT2D eigenvalue weighted by molar-refractivity contribution is 0.0473. The highest BCUT2D eigenvalue weighted by molar-refractivity contribution is 8.00. The van der Waals surface area contributed by atoms with Crippen LogP contribution in [0.4, 0.5) is 0 Å². The Kier molecular flexibility index (Phi) is 5.14. The van der Waals surface area contributed by atoms with E-state index in [2.05, 4.69) is 23.7 Å². The van der Waals surface area contributed by atoms with Gasteiger partial charge in [-0.25, -0.2) is 0 Å². The van der Waals surface area contributed by atoms with Crippen LogP contribution in [0.3, 0.4) is 0 Å². The number of hydrogen-bond acceptors (Lipinski definition) is 3. The zero-order valence-electron chi connectivity index (χ0n) is 8.95. The van der Waals surface area contributed by atoms with E-state index in [1.54, 1.807) is 0 Å². The largest absolute Gasteiger partial charge is 0.380 e. The van der Waals surface area contributed by atoms with E-state index >= 15 is 0 Å². The smallest absolute Gasteiger partial charge is 0.0600 e. The second-order valence-corrected chi connectivity index (χ2v) is 4.67. The van der Waals surface area contributed by atoms with Crippen molar-refractivity contribution in [3.63, 3.8) is 0 Å². The molecule has 2 aliphatic rings. The van der Waals surface area contributed by atoms with Crippen molar-refractivity contribution in [2.75, 3.05) is 32.6 Å². The molecule has 0 spiro atoms. The van der Waals surface area contributed by atoms with Crippen LogP contribution < -0.4 is 0 Å². The topological polar surface area (TPSA) is 12.5 Å². The van der Waals surface area contributed by atoms with Crippen LogP contribution in [0.15, 0.2) is 0 Å². The van der Waals surface area contributed by atoms with Gasteiger partial charge < -0.3 is 9.64 Å². The summed E-state index contributed by atoms with van der Waals surface area (Å²) in [5.41, 5.74) is 0. The molecule has 13 heavy (non-hydrogen) atoms. The average molecular weight is 203 g/mol. The lowest BCUT2D eigenvalue weighted by Crippen LogP contribution is -2.50. The first-order chi connectivity index (χ1) is 6.38. The third-order valence-corrected chi connectivity index (χ3v) is 3.91. The molecule has 0 amide bonds. The van der Waals surface area contributed by atoms with Gasteiger partial charge in [-0.1, -0.05) is 13.8 Å². The van der Waals surface area contributed by atoms with E-state index in [0.29, 0.717) is 0 Å². The Labute approximate surface area is 86.0 Å². The maximum Gasteiger partial charge on any atom is 0.0600 e. The fourth-order valence-electron chi connectivity index (χ4n) is 1.88. The van der Waals surface area contributed by atoms with Gasteiger partial charge in [0.25, 0.3) is 0 Å². The minimum atomic E-state index is 0.752. The van der Waals surface area contributed by atoms with E-state index in [1.165, 1.54) is 18.7 Å². The molecule has 0 radical (unpaired) electrons. The predicted octanol–water partition coefficient (Wildman–Crippen LogP) is 1.85. The summed E-state index contributed by atoms with van der Waals surface area (Å²) in [6.45, 7) is 7.19. The van der Waals surface area contributed by atoms with Gasteiger partial charge in [-0.3, -0.25) is 0 Å². The Balaban J connectivity index is 0.000000396. The molecule has 0 aliphatic carbocycles. The molecule has 2 fully saturated rings. The lowest BCUT2D eigenvalue weighted by Gasteiger charge is -2.41. The molecule has 2 unspecified atom stereocenters. The molecular weight excluding hydrogens is 182 g/mol. The molecule has 0 bridgehead atoms. The van der Waals surface area contributed by atoms with Crippen LogP contribution in [-0.4, -0.2) is 48.8 Å². The van der Waals surface area contributed by atoms with Crippen LogP contribution in [0.1, 0.15) is 20.3 Å². The second kappa shape index (κ2) is 5.89. The molecule has 78 valence electrons. The molecule has 0 aromatic heterocycles. The molecule has 2 heterocycles. The van der Waals surface area contributed by atoms with E-state index in [9.17, 15) is 0 Å². The molecule has 2 saturated heterocycles. The molecule has 3 heteroatoms. The van der Waals surface area contributed by atoms with Crippen LogP contribution in [0.25, 0.3) is 0 Å². The molecular formula is C10H21NOS. The molecule has 2 nitrogen and oxygen atoms in total. The quantitative estimate of drug-likeness (QED) is 0.596. The van der Waals surface area contributed by atoms with Crippen molar-refractivity contribution in [1.29, 1.82) is 0 Å². The third-order valence-electron chi connectivity index (χ3n) is 2.61. The van der Waals surface area contributed by atoms with Gasteiger partial charge in [-0.2, -0.15) is 11.8 Å². The Morgan fingerprint density at radius 2 is 2.15 bits per heavy atom. The summed E-state index contributed by atoms with van der Waals surface area (Å²) in [5, 5.41) is 0.752. The fraction of sp³-hybridized carbons (Fsp3) is 1.00. The number of ether oxygens (including phenoxy) is 1.